The van der Waals surface area contributed by atoms with Gasteiger partial charge in [-0.15, -0.1) is 0 Å². The summed E-state index contributed by atoms with van der Waals surface area (Å²) in [5.74, 6) is 2.10. The maximum absolute atomic E-state index is 13.0. The fraction of sp³-hybridized carbons (Fsp3) is 0.450. The Labute approximate surface area is 164 Å². The van der Waals surface area contributed by atoms with E-state index in [9.17, 15) is 4.79 Å². The summed E-state index contributed by atoms with van der Waals surface area (Å²) in [5, 5.41) is 7.80. The molecule has 3 rings (SSSR count). The zero-order valence-electron chi connectivity index (χ0n) is 16.9. The molecule has 0 fully saturated rings. The summed E-state index contributed by atoms with van der Waals surface area (Å²) in [7, 11) is 3.20. The minimum absolute atomic E-state index is 0.285. The minimum atomic E-state index is -0.539. The van der Waals surface area contributed by atoms with Crippen LogP contribution in [-0.4, -0.2) is 41.6 Å². The summed E-state index contributed by atoms with van der Waals surface area (Å²) in [6, 6.07) is 4.96. The van der Waals surface area contributed by atoms with Gasteiger partial charge in [0.1, 0.15) is 23.4 Å². The van der Waals surface area contributed by atoms with E-state index in [0.29, 0.717) is 35.3 Å². The number of carbonyl (C=O) groups is 1. The van der Waals surface area contributed by atoms with E-state index < -0.39 is 6.04 Å². The zero-order chi connectivity index (χ0) is 20.3. The molecule has 1 N–H and O–H groups in total. The average Bonchev–Trinajstić information content (AvgIpc) is 3.06. The normalized spacial score (nSPS) is 15.7. The van der Waals surface area contributed by atoms with Gasteiger partial charge in [-0.05, 0) is 38.5 Å². The van der Waals surface area contributed by atoms with Crippen LogP contribution in [0.25, 0.3) is 0 Å². The quantitative estimate of drug-likeness (QED) is 0.731. The fourth-order valence-electron chi connectivity index (χ4n) is 3.42. The molecule has 1 aliphatic rings. The van der Waals surface area contributed by atoms with E-state index in [-0.39, 0.29) is 12.6 Å². The van der Waals surface area contributed by atoms with Crippen molar-refractivity contribution in [1.82, 2.24) is 14.8 Å². The largest absolute Gasteiger partial charge is 0.497 e. The lowest BCUT2D eigenvalue weighted by molar-refractivity contribution is -0.139. The number of aryl methyl sites for hydroxylation is 1. The monoisotopic (exact) mass is 386 g/mol. The molecule has 1 aromatic heterocycles. The Morgan fingerprint density at radius 1 is 1.25 bits per heavy atom. The first kappa shape index (κ1) is 19.7. The number of methoxy groups -OCH3 is 2. The second-order valence-corrected chi connectivity index (χ2v) is 6.43. The molecular weight excluding hydrogens is 360 g/mol. The maximum atomic E-state index is 13.0. The number of ether oxygens (including phenoxy) is 3. The zero-order valence-corrected chi connectivity index (χ0v) is 16.9. The van der Waals surface area contributed by atoms with Gasteiger partial charge < -0.3 is 19.5 Å². The molecule has 0 saturated heterocycles. The number of hydrogen-bond acceptors (Lipinski definition) is 7. The first-order chi connectivity index (χ1) is 13.5. The number of aromatic nitrogens is 3. The van der Waals surface area contributed by atoms with Crippen molar-refractivity contribution < 1.29 is 19.0 Å². The highest BCUT2D eigenvalue weighted by Gasteiger charge is 2.37. The number of carbonyl (C=O) groups excluding carboxylic acids is 1. The van der Waals surface area contributed by atoms with Crippen LogP contribution < -0.4 is 14.8 Å². The molecule has 0 amide bonds. The molecule has 0 radical (unpaired) electrons. The first-order valence-corrected chi connectivity index (χ1v) is 9.36. The van der Waals surface area contributed by atoms with Crippen LogP contribution in [0.3, 0.4) is 0 Å². The smallest absolute Gasteiger partial charge is 0.338 e. The molecule has 0 bridgehead atoms. The van der Waals surface area contributed by atoms with Crippen LogP contribution >= 0.6 is 0 Å². The summed E-state index contributed by atoms with van der Waals surface area (Å²) in [6.07, 6.45) is 1.54. The molecule has 150 valence electrons. The van der Waals surface area contributed by atoms with Gasteiger partial charge in [-0.1, -0.05) is 13.3 Å². The predicted octanol–water partition coefficient (Wildman–Crippen LogP) is 3.24. The second kappa shape index (κ2) is 8.33. The number of nitrogens with zero attached hydrogens (tertiary/aromatic N) is 3. The molecule has 1 atom stereocenters. The topological polar surface area (TPSA) is 87.5 Å². The summed E-state index contributed by atoms with van der Waals surface area (Å²) < 4.78 is 18.1. The highest BCUT2D eigenvalue weighted by Crippen LogP contribution is 2.41. The molecule has 0 aliphatic carbocycles. The van der Waals surface area contributed by atoms with Crippen molar-refractivity contribution in [3.8, 4) is 11.5 Å². The van der Waals surface area contributed by atoms with Crippen molar-refractivity contribution in [2.75, 3.05) is 26.1 Å². The molecule has 2 heterocycles. The first-order valence-electron chi connectivity index (χ1n) is 9.36. The molecular formula is C20H26N4O4. The third-order valence-corrected chi connectivity index (χ3v) is 4.57. The average molecular weight is 386 g/mol. The van der Waals surface area contributed by atoms with Gasteiger partial charge in [0.15, 0.2) is 0 Å². The standard InChI is InChI=1S/C20H26N4O4/c1-6-8-15-17(19(25)28-7-2)18(24-20(22-15)21-12(3)23-24)14-11-13(26-4)9-10-16(14)27-5/h9-11,18H,6-8H2,1-5H3,(H,21,22,23). The molecule has 8 nitrogen and oxygen atoms in total. The minimum Gasteiger partial charge on any atom is -0.497 e. The number of anilines is 1. The number of hydrogen-bond donors (Lipinski definition) is 1. The summed E-state index contributed by atoms with van der Waals surface area (Å²) >= 11 is 0. The maximum Gasteiger partial charge on any atom is 0.338 e. The molecule has 1 aromatic carbocycles. The Bertz CT molecular complexity index is 904. The van der Waals surface area contributed by atoms with Gasteiger partial charge in [0.05, 0.1) is 26.4 Å². The number of rotatable bonds is 7. The van der Waals surface area contributed by atoms with Crippen LogP contribution in [0.1, 0.15) is 44.1 Å². The van der Waals surface area contributed by atoms with Gasteiger partial charge >= 0.3 is 5.97 Å². The fourth-order valence-corrected chi connectivity index (χ4v) is 3.42. The number of allylic oxidation sites excluding steroid dienone is 1. The Morgan fingerprint density at radius 3 is 2.68 bits per heavy atom. The predicted molar refractivity (Wildman–Crippen MR) is 105 cm³/mol. The highest BCUT2D eigenvalue weighted by atomic mass is 16.5. The highest BCUT2D eigenvalue weighted by molar-refractivity contribution is 5.92. The Kier molecular flexibility index (Phi) is 5.87. The van der Waals surface area contributed by atoms with E-state index in [0.717, 1.165) is 17.7 Å². The lowest BCUT2D eigenvalue weighted by atomic mass is 9.93. The van der Waals surface area contributed by atoms with E-state index in [1.54, 1.807) is 25.8 Å². The third kappa shape index (κ3) is 3.54. The van der Waals surface area contributed by atoms with Gasteiger partial charge in [0.25, 0.3) is 0 Å². The Morgan fingerprint density at radius 2 is 2.04 bits per heavy atom. The molecule has 0 spiro atoms. The molecule has 0 saturated carbocycles. The molecule has 1 unspecified atom stereocenters. The number of benzene rings is 1. The summed E-state index contributed by atoms with van der Waals surface area (Å²) in [6.45, 7) is 5.95. The van der Waals surface area contributed by atoms with Gasteiger partial charge in [0.2, 0.25) is 5.95 Å². The molecule has 8 heteroatoms. The van der Waals surface area contributed by atoms with E-state index >= 15 is 0 Å². The van der Waals surface area contributed by atoms with Crippen LogP contribution in [0.15, 0.2) is 29.5 Å². The summed E-state index contributed by atoms with van der Waals surface area (Å²) in [5.41, 5.74) is 2.05. The number of esters is 1. The Hall–Kier alpha value is -3.03. The third-order valence-electron chi connectivity index (χ3n) is 4.57. The lowest BCUT2D eigenvalue weighted by Crippen LogP contribution is -2.30. The van der Waals surface area contributed by atoms with Gasteiger partial charge in [0, 0.05) is 11.3 Å². The van der Waals surface area contributed by atoms with Crippen LogP contribution in [0.2, 0.25) is 0 Å². The van der Waals surface area contributed by atoms with Gasteiger partial charge in [-0.2, -0.15) is 10.1 Å². The van der Waals surface area contributed by atoms with E-state index in [1.165, 1.54) is 0 Å². The van der Waals surface area contributed by atoms with Crippen molar-refractivity contribution in [3.63, 3.8) is 0 Å². The van der Waals surface area contributed by atoms with E-state index in [1.807, 2.05) is 25.1 Å². The number of nitrogens with one attached hydrogen (secondary N) is 1. The van der Waals surface area contributed by atoms with Crippen LogP contribution in [0.5, 0.6) is 11.5 Å². The van der Waals surface area contributed by atoms with Crippen molar-refractivity contribution in [2.45, 2.75) is 39.7 Å². The number of fused-ring (bicyclic) bond motifs is 1. The van der Waals surface area contributed by atoms with E-state index in [4.69, 9.17) is 14.2 Å². The van der Waals surface area contributed by atoms with Gasteiger partial charge in [-0.25, -0.2) is 9.48 Å². The van der Waals surface area contributed by atoms with Gasteiger partial charge in [-0.3, -0.25) is 0 Å². The van der Waals surface area contributed by atoms with Crippen molar-refractivity contribution >= 4 is 11.9 Å². The summed E-state index contributed by atoms with van der Waals surface area (Å²) in [4.78, 5) is 17.5. The van der Waals surface area contributed by atoms with Crippen LogP contribution in [0.4, 0.5) is 5.95 Å². The van der Waals surface area contributed by atoms with Crippen molar-refractivity contribution in [2.24, 2.45) is 0 Å². The lowest BCUT2D eigenvalue weighted by Gasteiger charge is -2.30. The SMILES string of the molecule is CCCC1=C(C(=O)OCC)C(c2cc(OC)ccc2OC)n2nc(C)nc2N1. The van der Waals surface area contributed by atoms with Crippen LogP contribution in [0, 0.1) is 6.92 Å². The second-order valence-electron chi connectivity index (χ2n) is 6.43. The van der Waals surface area contributed by atoms with Crippen LogP contribution in [-0.2, 0) is 9.53 Å². The Balaban J connectivity index is 2.27. The van der Waals surface area contributed by atoms with Crippen molar-refractivity contribution in [1.29, 1.82) is 0 Å². The van der Waals surface area contributed by atoms with E-state index in [2.05, 4.69) is 22.3 Å². The molecule has 2 aromatic rings. The molecule has 28 heavy (non-hydrogen) atoms. The van der Waals surface area contributed by atoms with Crippen molar-refractivity contribution in [3.05, 3.63) is 40.9 Å². The molecule has 1 aliphatic heterocycles.